The minimum absolute atomic E-state index is 0.0831. The van der Waals surface area contributed by atoms with Gasteiger partial charge in [-0.1, -0.05) is 42.1 Å². The molecule has 0 radical (unpaired) electrons. The Morgan fingerprint density at radius 1 is 1.06 bits per heavy atom. The largest absolute Gasteiger partial charge is 0.497 e. The molecule has 0 aliphatic carbocycles. The van der Waals surface area contributed by atoms with Gasteiger partial charge in [0.2, 0.25) is 5.12 Å². The van der Waals surface area contributed by atoms with Gasteiger partial charge in [-0.25, -0.2) is 0 Å². The van der Waals surface area contributed by atoms with Gasteiger partial charge in [-0.2, -0.15) is 0 Å². The predicted octanol–water partition coefficient (Wildman–Crippen LogP) is 3.87. The molecular weight excluding hydrogens is 244 g/mol. The van der Waals surface area contributed by atoms with Crippen LogP contribution in [0.15, 0.2) is 48.5 Å². The molecule has 0 N–H and O–H groups in total. The Balaban J connectivity index is 2.41. The molecule has 2 rings (SSSR count). The molecule has 0 aliphatic rings. The summed E-state index contributed by atoms with van der Waals surface area (Å²) in [5.74, 6) is 0.814. The summed E-state index contributed by atoms with van der Waals surface area (Å²) in [7, 11) is 1.65. The second-order valence-electron chi connectivity index (χ2n) is 3.80. The van der Waals surface area contributed by atoms with E-state index in [2.05, 4.69) is 0 Å². The molecule has 0 bridgehead atoms. The Morgan fingerprint density at radius 3 is 2.39 bits per heavy atom. The monoisotopic (exact) mass is 258 g/mol. The van der Waals surface area contributed by atoms with E-state index in [-0.39, 0.29) is 5.12 Å². The SMILES string of the molecule is COc1cccc(-c2cccc(C(=O)SC)c2)c1. The maximum Gasteiger partial charge on any atom is 0.219 e. The van der Waals surface area contributed by atoms with E-state index in [1.165, 1.54) is 11.8 Å². The van der Waals surface area contributed by atoms with Gasteiger partial charge in [-0.3, -0.25) is 4.79 Å². The first-order valence-electron chi connectivity index (χ1n) is 5.57. The van der Waals surface area contributed by atoms with Gasteiger partial charge in [-0.05, 0) is 35.6 Å². The number of hydrogen-bond acceptors (Lipinski definition) is 3. The van der Waals surface area contributed by atoms with Crippen molar-refractivity contribution in [3.8, 4) is 16.9 Å². The molecule has 3 heteroatoms. The van der Waals surface area contributed by atoms with Crippen LogP contribution in [0.3, 0.4) is 0 Å². The minimum atomic E-state index is 0.0831. The van der Waals surface area contributed by atoms with Crippen molar-refractivity contribution in [1.29, 1.82) is 0 Å². The smallest absolute Gasteiger partial charge is 0.219 e. The summed E-state index contributed by atoms with van der Waals surface area (Å²) in [6.07, 6.45) is 1.79. The predicted molar refractivity (Wildman–Crippen MR) is 76.3 cm³/mol. The maximum absolute atomic E-state index is 11.7. The van der Waals surface area contributed by atoms with Crippen LogP contribution in [0.2, 0.25) is 0 Å². The summed E-state index contributed by atoms with van der Waals surface area (Å²) in [6.45, 7) is 0. The van der Waals surface area contributed by atoms with Gasteiger partial charge in [0.15, 0.2) is 0 Å². The average Bonchev–Trinajstić information content (AvgIpc) is 2.46. The zero-order chi connectivity index (χ0) is 13.0. The number of benzene rings is 2. The van der Waals surface area contributed by atoms with Crippen molar-refractivity contribution < 1.29 is 9.53 Å². The van der Waals surface area contributed by atoms with E-state index in [1.54, 1.807) is 13.4 Å². The van der Waals surface area contributed by atoms with Crippen LogP contribution in [0.4, 0.5) is 0 Å². The highest BCUT2D eigenvalue weighted by Crippen LogP contribution is 2.25. The molecule has 18 heavy (non-hydrogen) atoms. The molecule has 92 valence electrons. The Bertz CT molecular complexity index is 564. The molecule has 0 aliphatic heterocycles. The van der Waals surface area contributed by atoms with Crippen molar-refractivity contribution in [3.05, 3.63) is 54.1 Å². The summed E-state index contributed by atoms with van der Waals surface area (Å²) in [6, 6.07) is 15.5. The first-order chi connectivity index (χ1) is 8.74. The number of ether oxygens (including phenoxy) is 1. The molecule has 0 saturated heterocycles. The van der Waals surface area contributed by atoms with Gasteiger partial charge in [0.1, 0.15) is 5.75 Å². The highest BCUT2D eigenvalue weighted by atomic mass is 32.2. The van der Waals surface area contributed by atoms with Crippen LogP contribution < -0.4 is 4.74 Å². The summed E-state index contributed by atoms with van der Waals surface area (Å²) >= 11 is 1.23. The molecule has 0 spiro atoms. The van der Waals surface area contributed by atoms with Crippen LogP contribution in [0, 0.1) is 0 Å². The fourth-order valence-electron chi connectivity index (χ4n) is 1.75. The normalized spacial score (nSPS) is 10.1. The zero-order valence-electron chi connectivity index (χ0n) is 10.3. The Morgan fingerprint density at radius 2 is 1.72 bits per heavy atom. The summed E-state index contributed by atoms with van der Waals surface area (Å²) in [5.41, 5.74) is 2.79. The van der Waals surface area contributed by atoms with Crippen molar-refractivity contribution in [1.82, 2.24) is 0 Å². The zero-order valence-corrected chi connectivity index (χ0v) is 11.2. The third-order valence-electron chi connectivity index (χ3n) is 2.69. The van der Waals surface area contributed by atoms with E-state index in [9.17, 15) is 4.79 Å². The van der Waals surface area contributed by atoms with Crippen LogP contribution in [0.25, 0.3) is 11.1 Å². The van der Waals surface area contributed by atoms with Gasteiger partial charge in [0, 0.05) is 5.56 Å². The van der Waals surface area contributed by atoms with Crippen molar-refractivity contribution in [2.45, 2.75) is 0 Å². The van der Waals surface area contributed by atoms with Crippen LogP contribution in [-0.4, -0.2) is 18.5 Å². The van der Waals surface area contributed by atoms with E-state index < -0.39 is 0 Å². The molecular formula is C15H14O2S. The van der Waals surface area contributed by atoms with Gasteiger partial charge in [0.05, 0.1) is 7.11 Å². The quantitative estimate of drug-likeness (QED) is 0.836. The lowest BCUT2D eigenvalue weighted by Gasteiger charge is -2.06. The Hall–Kier alpha value is -1.74. The summed E-state index contributed by atoms with van der Waals surface area (Å²) < 4.78 is 5.20. The van der Waals surface area contributed by atoms with Crippen molar-refractivity contribution in [3.63, 3.8) is 0 Å². The lowest BCUT2D eigenvalue weighted by atomic mass is 10.0. The molecule has 0 amide bonds. The Kier molecular flexibility index (Phi) is 4.05. The number of hydrogen-bond donors (Lipinski definition) is 0. The van der Waals surface area contributed by atoms with E-state index in [0.29, 0.717) is 0 Å². The molecule has 2 nitrogen and oxygen atoms in total. The standard InChI is InChI=1S/C15H14O2S/c1-17-14-8-4-6-12(10-14)11-5-3-7-13(9-11)15(16)18-2/h3-10H,1-2H3. The van der Waals surface area contributed by atoms with Gasteiger partial charge >= 0.3 is 0 Å². The van der Waals surface area contributed by atoms with Crippen molar-refractivity contribution in [2.75, 3.05) is 13.4 Å². The fourth-order valence-corrected chi connectivity index (χ4v) is 2.11. The summed E-state index contributed by atoms with van der Waals surface area (Å²) in [4.78, 5) is 11.7. The number of carbonyl (C=O) groups is 1. The molecule has 0 unspecified atom stereocenters. The third kappa shape index (κ3) is 2.74. The van der Waals surface area contributed by atoms with Crippen LogP contribution in [0.5, 0.6) is 5.75 Å². The van der Waals surface area contributed by atoms with E-state index in [4.69, 9.17) is 4.74 Å². The topological polar surface area (TPSA) is 26.3 Å². The third-order valence-corrected chi connectivity index (χ3v) is 3.29. The fraction of sp³-hybridized carbons (Fsp3) is 0.133. The average molecular weight is 258 g/mol. The van der Waals surface area contributed by atoms with Crippen molar-refractivity contribution >= 4 is 16.9 Å². The number of carbonyl (C=O) groups excluding carboxylic acids is 1. The van der Waals surface area contributed by atoms with Crippen LogP contribution >= 0.6 is 11.8 Å². The number of methoxy groups -OCH3 is 1. The molecule has 0 atom stereocenters. The van der Waals surface area contributed by atoms with E-state index in [0.717, 1.165) is 22.4 Å². The number of rotatable bonds is 3. The molecule has 2 aromatic rings. The lowest BCUT2D eigenvalue weighted by Crippen LogP contribution is -1.92. The highest BCUT2D eigenvalue weighted by molar-refractivity contribution is 8.13. The van der Waals surface area contributed by atoms with Crippen molar-refractivity contribution in [2.24, 2.45) is 0 Å². The Labute approximate surface area is 111 Å². The molecule has 0 aromatic heterocycles. The summed E-state index contributed by atoms with van der Waals surface area (Å²) in [5, 5.41) is 0.0831. The van der Waals surface area contributed by atoms with E-state index in [1.807, 2.05) is 48.5 Å². The first-order valence-corrected chi connectivity index (χ1v) is 6.80. The molecule has 0 heterocycles. The minimum Gasteiger partial charge on any atom is -0.497 e. The van der Waals surface area contributed by atoms with Crippen LogP contribution in [-0.2, 0) is 0 Å². The second kappa shape index (κ2) is 5.74. The van der Waals surface area contributed by atoms with Gasteiger partial charge in [-0.15, -0.1) is 0 Å². The van der Waals surface area contributed by atoms with Gasteiger partial charge < -0.3 is 4.74 Å². The molecule has 0 fully saturated rings. The van der Waals surface area contributed by atoms with E-state index >= 15 is 0 Å². The van der Waals surface area contributed by atoms with Gasteiger partial charge in [0.25, 0.3) is 0 Å². The number of thioether (sulfide) groups is 1. The highest BCUT2D eigenvalue weighted by Gasteiger charge is 2.06. The first kappa shape index (κ1) is 12.7. The second-order valence-corrected chi connectivity index (χ2v) is 4.58. The lowest BCUT2D eigenvalue weighted by molar-refractivity contribution is 0.108. The molecule has 0 saturated carbocycles. The maximum atomic E-state index is 11.7. The van der Waals surface area contributed by atoms with Crippen LogP contribution in [0.1, 0.15) is 10.4 Å². The molecule has 2 aromatic carbocycles.